The number of nitrogens with two attached hydrogens (primary N) is 2. The van der Waals surface area contributed by atoms with E-state index in [-0.39, 0.29) is 11.9 Å². The van der Waals surface area contributed by atoms with Gasteiger partial charge in [-0.1, -0.05) is 31.4 Å². The van der Waals surface area contributed by atoms with Crippen LogP contribution < -0.4 is 16.8 Å². The van der Waals surface area contributed by atoms with Crippen LogP contribution in [0.3, 0.4) is 0 Å². The van der Waals surface area contributed by atoms with Crippen LogP contribution in [0.1, 0.15) is 47.0 Å². The number of nitrogens with one attached hydrogen (secondary N) is 1. The quantitative estimate of drug-likeness (QED) is 0.638. The Morgan fingerprint density at radius 1 is 1.22 bits per heavy atom. The van der Waals surface area contributed by atoms with Gasteiger partial charge in [-0.3, -0.25) is 4.79 Å². The summed E-state index contributed by atoms with van der Waals surface area (Å²) in [5.74, 6) is 0.0804. The van der Waals surface area contributed by atoms with Crippen molar-refractivity contribution in [1.29, 1.82) is 0 Å². The number of nitrogen functional groups attached to an aromatic ring is 1. The number of thiophene rings is 1. The summed E-state index contributed by atoms with van der Waals surface area (Å²) in [6.07, 6.45) is 4.50. The van der Waals surface area contributed by atoms with Gasteiger partial charge in [-0.25, -0.2) is 9.97 Å². The van der Waals surface area contributed by atoms with Crippen LogP contribution in [0.2, 0.25) is 0 Å². The maximum absolute atomic E-state index is 12.1. The number of benzene rings is 1. The van der Waals surface area contributed by atoms with Crippen molar-refractivity contribution in [1.82, 2.24) is 15.3 Å². The van der Waals surface area contributed by atoms with Gasteiger partial charge in [-0.05, 0) is 37.1 Å². The Balaban J connectivity index is 0.000000637. The molecule has 0 spiro atoms. The summed E-state index contributed by atoms with van der Waals surface area (Å²) < 4.78 is 0. The number of amides is 1. The fourth-order valence-corrected chi connectivity index (χ4v) is 3.51. The fraction of sp³-hybridized carbons (Fsp3) is 0.350. The first-order valence-corrected chi connectivity index (χ1v) is 10.00. The summed E-state index contributed by atoms with van der Waals surface area (Å²) in [5, 5.41) is 3.63. The molecule has 0 saturated heterocycles. The monoisotopic (exact) mass is 383 g/mol. The smallest absolute Gasteiger partial charge is 0.261 e. The van der Waals surface area contributed by atoms with Gasteiger partial charge >= 0.3 is 0 Å². The van der Waals surface area contributed by atoms with Crippen LogP contribution >= 0.6 is 11.3 Å². The highest BCUT2D eigenvalue weighted by molar-refractivity contribution is 7.20. The molecule has 2 heterocycles. The van der Waals surface area contributed by atoms with Gasteiger partial charge in [0.15, 0.2) is 0 Å². The predicted octanol–water partition coefficient (Wildman–Crippen LogP) is 3.63. The van der Waals surface area contributed by atoms with Gasteiger partial charge in [0, 0.05) is 24.0 Å². The highest BCUT2D eigenvalue weighted by atomic mass is 32.1. The second-order valence-corrected chi connectivity index (χ2v) is 7.56. The topological polar surface area (TPSA) is 107 Å². The fourth-order valence-electron chi connectivity index (χ4n) is 2.55. The maximum Gasteiger partial charge on any atom is 0.261 e. The molecular formula is C20H25N5OS. The third kappa shape index (κ3) is 4.61. The molecule has 0 atom stereocenters. The highest BCUT2D eigenvalue weighted by Gasteiger charge is 2.17. The number of nitrogens with zero attached hydrogens (tertiary/aromatic N) is 2. The Bertz CT molecular complexity index is 962. The Kier molecular flexibility index (Phi) is 6.03. The number of aryl methyl sites for hydroxylation is 1. The van der Waals surface area contributed by atoms with E-state index in [0.717, 1.165) is 27.8 Å². The average molecular weight is 384 g/mol. The molecule has 1 aliphatic rings. The predicted molar refractivity (Wildman–Crippen MR) is 112 cm³/mol. The van der Waals surface area contributed by atoms with E-state index in [2.05, 4.69) is 15.3 Å². The highest BCUT2D eigenvalue weighted by Crippen LogP contribution is 2.34. The lowest BCUT2D eigenvalue weighted by Gasteiger charge is -2.09. The van der Waals surface area contributed by atoms with Crippen molar-refractivity contribution in [3.05, 3.63) is 40.3 Å². The van der Waals surface area contributed by atoms with Gasteiger partial charge in [0.25, 0.3) is 5.91 Å². The van der Waals surface area contributed by atoms with E-state index in [1.165, 1.54) is 30.6 Å². The van der Waals surface area contributed by atoms with Crippen LogP contribution in [-0.4, -0.2) is 22.4 Å². The van der Waals surface area contributed by atoms with E-state index in [1.807, 2.05) is 38.1 Å². The standard InChI is InChI=1S/C17H19N5OS.C3H6/c1-3-20-15(23)13-7-12-14(21-17(19)22-16(12)24-13)11-6-10(8-18)5-4-9(11)2;1-2-3-1/h4-7H,3,8,18H2,1-2H3,(H,20,23)(H2,19,21,22);1-3H2. The van der Waals surface area contributed by atoms with Gasteiger partial charge < -0.3 is 16.8 Å². The lowest BCUT2D eigenvalue weighted by Crippen LogP contribution is -2.21. The molecular weight excluding hydrogens is 358 g/mol. The second-order valence-electron chi connectivity index (χ2n) is 6.53. The van der Waals surface area contributed by atoms with Crippen LogP contribution in [0, 0.1) is 6.92 Å². The molecule has 4 rings (SSSR count). The van der Waals surface area contributed by atoms with Gasteiger partial charge in [-0.2, -0.15) is 0 Å². The molecule has 1 saturated carbocycles. The number of fused-ring (bicyclic) bond motifs is 1. The minimum absolute atomic E-state index is 0.113. The normalized spacial score (nSPS) is 12.4. The number of hydrogen-bond acceptors (Lipinski definition) is 6. The Hall–Kier alpha value is -2.51. The molecule has 1 aliphatic carbocycles. The van der Waals surface area contributed by atoms with Crippen molar-refractivity contribution in [3.63, 3.8) is 0 Å². The van der Waals surface area contributed by atoms with Crippen LogP contribution in [0.15, 0.2) is 24.3 Å². The van der Waals surface area contributed by atoms with E-state index < -0.39 is 0 Å². The number of aromatic nitrogens is 2. The second kappa shape index (κ2) is 8.45. The molecule has 0 bridgehead atoms. The van der Waals surface area contributed by atoms with E-state index >= 15 is 0 Å². The Labute approximate surface area is 163 Å². The molecule has 3 aromatic rings. The SMILES string of the molecule is C1CC1.CCNC(=O)c1cc2c(-c3cc(CN)ccc3C)nc(N)nc2s1. The summed E-state index contributed by atoms with van der Waals surface area (Å²) in [6.45, 7) is 4.92. The van der Waals surface area contributed by atoms with Crippen molar-refractivity contribution in [2.24, 2.45) is 5.73 Å². The lowest BCUT2D eigenvalue weighted by molar-refractivity contribution is 0.0960. The zero-order valence-electron chi connectivity index (χ0n) is 15.7. The summed E-state index contributed by atoms with van der Waals surface area (Å²) in [4.78, 5) is 22.1. The van der Waals surface area contributed by atoms with Crippen molar-refractivity contribution in [2.45, 2.75) is 39.7 Å². The van der Waals surface area contributed by atoms with Gasteiger partial charge in [0.1, 0.15) is 4.83 Å². The molecule has 1 fully saturated rings. The summed E-state index contributed by atoms with van der Waals surface area (Å²) in [5.41, 5.74) is 15.4. The van der Waals surface area contributed by atoms with E-state index in [0.29, 0.717) is 22.8 Å². The van der Waals surface area contributed by atoms with Crippen LogP contribution in [0.25, 0.3) is 21.5 Å². The zero-order chi connectivity index (χ0) is 19.4. The molecule has 6 nitrogen and oxygen atoms in total. The van der Waals surface area contributed by atoms with E-state index in [9.17, 15) is 4.79 Å². The first-order chi connectivity index (χ1) is 13.0. The number of carbonyl (C=O) groups is 1. The first kappa shape index (κ1) is 19.3. The number of rotatable bonds is 4. The van der Waals surface area contributed by atoms with Crippen molar-refractivity contribution < 1.29 is 4.79 Å². The average Bonchev–Trinajstić information content (AvgIpc) is 3.48. The molecule has 0 radical (unpaired) electrons. The van der Waals surface area contributed by atoms with Crippen LogP contribution in [0.4, 0.5) is 5.95 Å². The first-order valence-electron chi connectivity index (χ1n) is 9.18. The molecule has 1 aromatic carbocycles. The van der Waals surface area contributed by atoms with Gasteiger partial charge in [0.05, 0.1) is 10.6 Å². The van der Waals surface area contributed by atoms with Crippen molar-refractivity contribution in [3.8, 4) is 11.3 Å². The third-order valence-electron chi connectivity index (χ3n) is 4.12. The summed E-state index contributed by atoms with van der Waals surface area (Å²) in [7, 11) is 0. The number of anilines is 1. The molecule has 7 heteroatoms. The van der Waals surface area contributed by atoms with Gasteiger partial charge in [0.2, 0.25) is 5.95 Å². The van der Waals surface area contributed by atoms with Crippen molar-refractivity contribution in [2.75, 3.05) is 12.3 Å². The molecule has 1 amide bonds. The third-order valence-corrected chi connectivity index (χ3v) is 5.15. The van der Waals surface area contributed by atoms with Crippen molar-refractivity contribution >= 4 is 33.4 Å². The molecule has 5 N–H and O–H groups in total. The molecule has 142 valence electrons. The molecule has 0 unspecified atom stereocenters. The molecule has 27 heavy (non-hydrogen) atoms. The Morgan fingerprint density at radius 3 is 2.59 bits per heavy atom. The van der Waals surface area contributed by atoms with E-state index in [4.69, 9.17) is 11.5 Å². The zero-order valence-corrected chi connectivity index (χ0v) is 16.5. The molecule has 2 aromatic heterocycles. The molecule has 0 aliphatic heterocycles. The minimum atomic E-state index is -0.113. The number of hydrogen-bond donors (Lipinski definition) is 3. The lowest BCUT2D eigenvalue weighted by atomic mass is 10.0. The summed E-state index contributed by atoms with van der Waals surface area (Å²) in [6, 6.07) is 7.85. The van der Waals surface area contributed by atoms with E-state index in [1.54, 1.807) is 0 Å². The largest absolute Gasteiger partial charge is 0.368 e. The van der Waals surface area contributed by atoms with Gasteiger partial charge in [-0.15, -0.1) is 11.3 Å². The Morgan fingerprint density at radius 2 is 1.96 bits per heavy atom. The minimum Gasteiger partial charge on any atom is -0.368 e. The summed E-state index contributed by atoms with van der Waals surface area (Å²) >= 11 is 1.32. The number of carbonyl (C=O) groups excluding carboxylic acids is 1. The van der Waals surface area contributed by atoms with Crippen LogP contribution in [0.5, 0.6) is 0 Å². The van der Waals surface area contributed by atoms with Crippen LogP contribution in [-0.2, 0) is 6.54 Å². The maximum atomic E-state index is 12.1.